The highest BCUT2D eigenvalue weighted by molar-refractivity contribution is 5.81. The SMILES string of the molecule is C[C@@H](C(=O)NCc1ccon1)n1cnc2ccccc2c1=O. The van der Waals surface area contributed by atoms with Crippen LogP contribution in [0.1, 0.15) is 18.7 Å². The molecule has 7 heteroatoms. The first-order valence-electron chi connectivity index (χ1n) is 6.79. The second kappa shape index (κ2) is 5.80. The van der Waals surface area contributed by atoms with E-state index < -0.39 is 6.04 Å². The van der Waals surface area contributed by atoms with Gasteiger partial charge in [-0.2, -0.15) is 0 Å². The van der Waals surface area contributed by atoms with Crippen LogP contribution in [0, 0.1) is 0 Å². The van der Waals surface area contributed by atoms with Crippen LogP contribution < -0.4 is 10.9 Å². The van der Waals surface area contributed by atoms with Crippen molar-refractivity contribution in [2.24, 2.45) is 0 Å². The number of nitrogens with zero attached hydrogens (tertiary/aromatic N) is 3. The van der Waals surface area contributed by atoms with Crippen LogP contribution in [-0.2, 0) is 11.3 Å². The molecule has 0 spiro atoms. The Morgan fingerprint density at radius 2 is 2.18 bits per heavy atom. The van der Waals surface area contributed by atoms with Crippen LogP contribution in [0.5, 0.6) is 0 Å². The zero-order chi connectivity index (χ0) is 15.5. The summed E-state index contributed by atoms with van der Waals surface area (Å²) < 4.78 is 6.01. The summed E-state index contributed by atoms with van der Waals surface area (Å²) in [6, 6.07) is 8.03. The topological polar surface area (TPSA) is 90.0 Å². The van der Waals surface area contributed by atoms with Crippen molar-refractivity contribution in [2.75, 3.05) is 0 Å². The van der Waals surface area contributed by atoms with Gasteiger partial charge in [-0.3, -0.25) is 14.2 Å². The van der Waals surface area contributed by atoms with Crippen molar-refractivity contribution in [3.8, 4) is 0 Å². The number of aromatic nitrogens is 3. The fraction of sp³-hybridized carbons (Fsp3) is 0.200. The van der Waals surface area contributed by atoms with Crippen LogP contribution in [-0.4, -0.2) is 20.6 Å². The molecule has 1 aromatic carbocycles. The second-order valence-electron chi connectivity index (χ2n) is 4.86. The monoisotopic (exact) mass is 298 g/mol. The Hall–Kier alpha value is -2.96. The third-order valence-corrected chi connectivity index (χ3v) is 3.42. The molecule has 0 saturated heterocycles. The molecule has 2 aromatic heterocycles. The molecule has 0 fully saturated rings. The lowest BCUT2D eigenvalue weighted by Gasteiger charge is -2.14. The first-order valence-corrected chi connectivity index (χ1v) is 6.79. The van der Waals surface area contributed by atoms with Gasteiger partial charge in [0.15, 0.2) is 0 Å². The molecule has 0 bridgehead atoms. The first-order chi connectivity index (χ1) is 10.7. The molecule has 7 nitrogen and oxygen atoms in total. The lowest BCUT2D eigenvalue weighted by molar-refractivity contribution is -0.124. The first kappa shape index (κ1) is 14.0. The molecular weight excluding hydrogens is 284 g/mol. The summed E-state index contributed by atoms with van der Waals surface area (Å²) in [7, 11) is 0. The van der Waals surface area contributed by atoms with Crippen molar-refractivity contribution in [1.82, 2.24) is 20.0 Å². The summed E-state index contributed by atoms with van der Waals surface area (Å²) in [6.07, 6.45) is 2.83. The van der Waals surface area contributed by atoms with Crippen LogP contribution in [0.15, 0.2) is 52.2 Å². The summed E-state index contributed by atoms with van der Waals surface area (Å²) in [5.74, 6) is -0.290. The zero-order valence-electron chi connectivity index (χ0n) is 11.9. The normalized spacial score (nSPS) is 12.2. The van der Waals surface area contributed by atoms with Gasteiger partial charge in [-0.15, -0.1) is 0 Å². The zero-order valence-corrected chi connectivity index (χ0v) is 11.9. The van der Waals surface area contributed by atoms with Crippen LogP contribution >= 0.6 is 0 Å². The van der Waals surface area contributed by atoms with Crippen LogP contribution in [0.2, 0.25) is 0 Å². The minimum atomic E-state index is -0.670. The van der Waals surface area contributed by atoms with Crippen molar-refractivity contribution in [3.05, 3.63) is 59.0 Å². The Labute approximate surface area is 125 Å². The second-order valence-corrected chi connectivity index (χ2v) is 4.86. The van der Waals surface area contributed by atoms with Crippen molar-refractivity contribution in [2.45, 2.75) is 19.5 Å². The smallest absolute Gasteiger partial charge is 0.261 e. The minimum absolute atomic E-state index is 0.241. The molecule has 22 heavy (non-hydrogen) atoms. The lowest BCUT2D eigenvalue weighted by atomic mass is 10.2. The number of nitrogens with one attached hydrogen (secondary N) is 1. The van der Waals surface area contributed by atoms with Gasteiger partial charge in [0, 0.05) is 6.07 Å². The lowest BCUT2D eigenvalue weighted by Crippen LogP contribution is -2.35. The minimum Gasteiger partial charge on any atom is -0.364 e. The van der Waals surface area contributed by atoms with Gasteiger partial charge in [-0.05, 0) is 19.1 Å². The number of hydrogen-bond donors (Lipinski definition) is 1. The van der Waals surface area contributed by atoms with Crippen LogP contribution in [0.3, 0.4) is 0 Å². The van der Waals surface area contributed by atoms with Gasteiger partial charge in [0.1, 0.15) is 18.0 Å². The Bertz CT molecular complexity index is 855. The van der Waals surface area contributed by atoms with E-state index in [1.165, 1.54) is 17.2 Å². The van der Waals surface area contributed by atoms with E-state index in [1.807, 2.05) is 6.07 Å². The number of fused-ring (bicyclic) bond motifs is 1. The summed E-state index contributed by atoms with van der Waals surface area (Å²) in [5.41, 5.74) is 0.984. The molecule has 1 amide bonds. The molecule has 0 radical (unpaired) electrons. The van der Waals surface area contributed by atoms with Gasteiger partial charge in [-0.1, -0.05) is 17.3 Å². The molecule has 1 N–H and O–H groups in total. The van der Waals surface area contributed by atoms with Gasteiger partial charge in [0.2, 0.25) is 5.91 Å². The largest absolute Gasteiger partial charge is 0.364 e. The summed E-state index contributed by atoms with van der Waals surface area (Å²) >= 11 is 0. The Kier molecular flexibility index (Phi) is 3.69. The summed E-state index contributed by atoms with van der Waals surface area (Å²) in [4.78, 5) is 28.8. The molecule has 2 heterocycles. The van der Waals surface area contributed by atoms with Gasteiger partial charge < -0.3 is 9.84 Å². The van der Waals surface area contributed by atoms with E-state index in [4.69, 9.17) is 4.52 Å². The van der Waals surface area contributed by atoms with Gasteiger partial charge in [-0.25, -0.2) is 4.98 Å². The molecule has 0 aliphatic rings. The van der Waals surface area contributed by atoms with Crippen molar-refractivity contribution in [3.63, 3.8) is 0 Å². The average Bonchev–Trinajstić information content (AvgIpc) is 3.06. The maximum atomic E-state index is 12.4. The Morgan fingerprint density at radius 3 is 2.95 bits per heavy atom. The van der Waals surface area contributed by atoms with Crippen molar-refractivity contribution >= 4 is 16.8 Å². The maximum Gasteiger partial charge on any atom is 0.261 e. The average molecular weight is 298 g/mol. The molecular formula is C15H14N4O3. The van der Waals surface area contributed by atoms with E-state index in [0.717, 1.165) is 0 Å². The Morgan fingerprint density at radius 1 is 1.36 bits per heavy atom. The fourth-order valence-corrected chi connectivity index (χ4v) is 2.14. The van der Waals surface area contributed by atoms with E-state index in [-0.39, 0.29) is 18.0 Å². The Balaban J connectivity index is 1.82. The number of rotatable bonds is 4. The highest BCUT2D eigenvalue weighted by atomic mass is 16.5. The van der Waals surface area contributed by atoms with Crippen LogP contribution in [0.4, 0.5) is 0 Å². The highest BCUT2D eigenvalue weighted by Gasteiger charge is 2.17. The van der Waals surface area contributed by atoms with E-state index >= 15 is 0 Å². The van der Waals surface area contributed by atoms with E-state index in [1.54, 1.807) is 31.2 Å². The quantitative estimate of drug-likeness (QED) is 0.783. The molecule has 1 atom stereocenters. The number of para-hydroxylation sites is 1. The third kappa shape index (κ3) is 2.60. The van der Waals surface area contributed by atoms with Crippen molar-refractivity contribution in [1.29, 1.82) is 0 Å². The molecule has 0 aliphatic carbocycles. The molecule has 0 unspecified atom stereocenters. The molecule has 112 valence electrons. The third-order valence-electron chi connectivity index (χ3n) is 3.42. The summed E-state index contributed by atoms with van der Waals surface area (Å²) in [5, 5.41) is 6.90. The van der Waals surface area contributed by atoms with E-state index in [9.17, 15) is 9.59 Å². The van der Waals surface area contributed by atoms with Crippen molar-refractivity contribution < 1.29 is 9.32 Å². The molecule has 3 rings (SSSR count). The number of carbonyl (C=O) groups excluding carboxylic acids is 1. The van der Waals surface area contributed by atoms with Gasteiger partial charge >= 0.3 is 0 Å². The number of amides is 1. The van der Waals surface area contributed by atoms with E-state index in [0.29, 0.717) is 16.6 Å². The van der Waals surface area contributed by atoms with Gasteiger partial charge in [0.05, 0.1) is 23.8 Å². The maximum absolute atomic E-state index is 12.4. The predicted molar refractivity (Wildman–Crippen MR) is 79.1 cm³/mol. The molecule has 3 aromatic rings. The van der Waals surface area contributed by atoms with Crippen LogP contribution in [0.25, 0.3) is 10.9 Å². The van der Waals surface area contributed by atoms with E-state index in [2.05, 4.69) is 15.5 Å². The number of benzene rings is 1. The standard InChI is InChI=1S/C15H14N4O3/c1-10(14(20)16-8-11-6-7-22-18-11)19-9-17-13-5-3-2-4-12(13)15(19)21/h2-7,9-10H,8H2,1H3,(H,16,20)/t10-/m0/s1. The predicted octanol–water partition coefficient (Wildman–Crippen LogP) is 1.26. The highest BCUT2D eigenvalue weighted by Crippen LogP contribution is 2.08. The molecule has 0 saturated carbocycles. The molecule has 0 aliphatic heterocycles. The number of hydrogen-bond acceptors (Lipinski definition) is 5. The summed E-state index contributed by atoms with van der Waals surface area (Å²) in [6.45, 7) is 1.89. The fourth-order valence-electron chi connectivity index (χ4n) is 2.14. The van der Waals surface area contributed by atoms with Gasteiger partial charge in [0.25, 0.3) is 5.56 Å². The number of carbonyl (C=O) groups is 1.